The number of alkyl halides is 1. The Labute approximate surface area is 110 Å². The largest absolute Gasteiger partial charge is 0.461 e. The molecule has 0 saturated heterocycles. The Bertz CT molecular complexity index is 290. The molecule has 0 aromatic heterocycles. The van der Waals surface area contributed by atoms with Gasteiger partial charge in [0.15, 0.2) is 0 Å². The Morgan fingerprint density at radius 2 is 2.31 bits per heavy atom. The maximum atomic E-state index is 11.7. The fourth-order valence-corrected chi connectivity index (χ4v) is 3.19. The van der Waals surface area contributed by atoms with Crippen LogP contribution in [0.1, 0.15) is 39.5 Å². The van der Waals surface area contributed by atoms with Crippen molar-refractivity contribution in [3.63, 3.8) is 0 Å². The monoisotopic (exact) mass is 338 g/mol. The molecule has 2 aliphatic carbocycles. The van der Waals surface area contributed by atoms with Crippen LogP contribution in [-0.4, -0.2) is 26.7 Å². The minimum Gasteiger partial charge on any atom is -0.461 e. The molecule has 0 aliphatic heterocycles. The first-order chi connectivity index (χ1) is 7.44. The number of ether oxygens (including phenoxy) is 1. The van der Waals surface area contributed by atoms with Crippen LogP contribution in [0.15, 0.2) is 0 Å². The molecule has 5 unspecified atom stereocenters. The Morgan fingerprint density at radius 3 is 2.75 bits per heavy atom. The third-order valence-corrected chi connectivity index (χ3v) is 5.46. The predicted octanol–water partition coefficient (Wildman–Crippen LogP) is 2.29. The number of carbonyl (C=O) groups is 1. The third-order valence-electron chi connectivity index (χ3n) is 4.07. The molecule has 4 heteroatoms. The number of fused-ring (bicyclic) bond motifs is 2. The van der Waals surface area contributed by atoms with Gasteiger partial charge >= 0.3 is 5.97 Å². The van der Waals surface area contributed by atoms with Gasteiger partial charge in [-0.2, -0.15) is 0 Å². The number of esters is 1. The summed E-state index contributed by atoms with van der Waals surface area (Å²) in [6.07, 6.45) is 3.52. The molecule has 1 N–H and O–H groups in total. The topological polar surface area (TPSA) is 46.5 Å². The van der Waals surface area contributed by atoms with Crippen molar-refractivity contribution < 1.29 is 14.6 Å². The van der Waals surface area contributed by atoms with E-state index in [-0.39, 0.29) is 16.0 Å². The van der Waals surface area contributed by atoms with E-state index in [1.165, 1.54) is 0 Å². The number of aliphatic hydroxyl groups is 1. The van der Waals surface area contributed by atoms with Crippen LogP contribution in [0.4, 0.5) is 0 Å². The molecule has 0 amide bonds. The summed E-state index contributed by atoms with van der Waals surface area (Å²) in [7, 11) is 0. The normalized spacial score (nSPS) is 43.4. The molecular formula is C12H19IO3. The average Bonchev–Trinajstić information content (AvgIpc) is 2.72. The van der Waals surface area contributed by atoms with Gasteiger partial charge in [0.1, 0.15) is 10.0 Å². The lowest BCUT2D eigenvalue weighted by molar-refractivity contribution is -0.153. The van der Waals surface area contributed by atoms with E-state index in [1.54, 1.807) is 0 Å². The van der Waals surface area contributed by atoms with Gasteiger partial charge in [-0.25, -0.2) is 0 Å². The average molecular weight is 338 g/mol. The summed E-state index contributed by atoms with van der Waals surface area (Å²) < 4.78 is 5.50. The van der Waals surface area contributed by atoms with Crippen LogP contribution in [0, 0.1) is 11.8 Å². The first-order valence-corrected chi connectivity index (χ1v) is 7.25. The third kappa shape index (κ3) is 2.23. The van der Waals surface area contributed by atoms with Gasteiger partial charge in [-0.05, 0) is 44.4 Å². The maximum absolute atomic E-state index is 11.7. The van der Waals surface area contributed by atoms with E-state index in [0.29, 0.717) is 11.8 Å². The second kappa shape index (κ2) is 4.44. The Morgan fingerprint density at radius 1 is 1.62 bits per heavy atom. The molecule has 0 radical (unpaired) electrons. The van der Waals surface area contributed by atoms with Crippen molar-refractivity contribution in [2.75, 3.05) is 0 Å². The second-order valence-corrected chi connectivity index (χ2v) is 6.84. The van der Waals surface area contributed by atoms with Gasteiger partial charge in [0.2, 0.25) is 0 Å². The molecule has 0 heterocycles. The molecule has 0 aromatic carbocycles. The molecule has 16 heavy (non-hydrogen) atoms. The van der Waals surface area contributed by atoms with Gasteiger partial charge in [-0.3, -0.25) is 4.79 Å². The van der Waals surface area contributed by atoms with Gasteiger partial charge in [0.05, 0.1) is 5.60 Å². The van der Waals surface area contributed by atoms with Crippen molar-refractivity contribution in [3.8, 4) is 0 Å². The van der Waals surface area contributed by atoms with Crippen LogP contribution < -0.4 is 0 Å². The van der Waals surface area contributed by atoms with Crippen LogP contribution in [0.5, 0.6) is 0 Å². The molecular weight excluding hydrogens is 319 g/mol. The van der Waals surface area contributed by atoms with E-state index >= 15 is 0 Å². The zero-order valence-corrected chi connectivity index (χ0v) is 11.9. The smallest absolute Gasteiger partial charge is 0.319 e. The number of carbonyl (C=O) groups excluding carboxylic acids is 1. The minimum atomic E-state index is -0.526. The molecule has 3 nitrogen and oxygen atoms in total. The molecule has 2 rings (SSSR count). The lowest BCUT2D eigenvalue weighted by Crippen LogP contribution is -2.38. The van der Waals surface area contributed by atoms with Crippen molar-refractivity contribution in [2.45, 2.75) is 55.2 Å². The summed E-state index contributed by atoms with van der Waals surface area (Å²) >= 11 is 2.13. The number of rotatable bonds is 3. The van der Waals surface area contributed by atoms with E-state index in [4.69, 9.17) is 4.74 Å². The molecule has 0 spiro atoms. The zero-order chi connectivity index (χ0) is 11.9. The molecule has 2 bridgehead atoms. The summed E-state index contributed by atoms with van der Waals surface area (Å²) in [5, 5.41) is 10.0. The van der Waals surface area contributed by atoms with Crippen molar-refractivity contribution in [2.24, 2.45) is 11.8 Å². The summed E-state index contributed by atoms with van der Waals surface area (Å²) in [5.41, 5.74) is -0.526. The van der Waals surface area contributed by atoms with E-state index in [2.05, 4.69) is 22.6 Å². The molecule has 2 fully saturated rings. The fourth-order valence-electron chi connectivity index (χ4n) is 3.04. The minimum absolute atomic E-state index is 0.0303. The van der Waals surface area contributed by atoms with Crippen LogP contribution in [-0.2, 0) is 9.53 Å². The first-order valence-electron chi connectivity index (χ1n) is 6.01. The highest BCUT2D eigenvalue weighted by atomic mass is 127. The summed E-state index contributed by atoms with van der Waals surface area (Å²) in [6.45, 7) is 3.90. The summed E-state index contributed by atoms with van der Waals surface area (Å²) in [6, 6.07) is 0. The second-order valence-electron chi connectivity index (χ2n) is 5.34. The molecule has 5 atom stereocenters. The Balaban J connectivity index is 1.89. The quantitative estimate of drug-likeness (QED) is 0.488. The van der Waals surface area contributed by atoms with E-state index in [9.17, 15) is 9.90 Å². The van der Waals surface area contributed by atoms with Crippen LogP contribution in [0.25, 0.3) is 0 Å². The SMILES string of the molecule is CCC(I)C(=O)OC1CC2CC1CC2(C)O. The molecule has 2 aliphatic rings. The zero-order valence-electron chi connectivity index (χ0n) is 9.78. The maximum Gasteiger partial charge on any atom is 0.319 e. The van der Waals surface area contributed by atoms with Crippen molar-refractivity contribution in [1.29, 1.82) is 0 Å². The molecule has 92 valence electrons. The molecule has 0 aromatic rings. The van der Waals surface area contributed by atoms with Crippen LogP contribution in [0.2, 0.25) is 0 Å². The summed E-state index contributed by atoms with van der Waals surface area (Å²) in [4.78, 5) is 11.7. The van der Waals surface area contributed by atoms with E-state index < -0.39 is 5.60 Å². The highest BCUT2D eigenvalue weighted by Crippen LogP contribution is 2.51. The van der Waals surface area contributed by atoms with Crippen LogP contribution >= 0.6 is 22.6 Å². The van der Waals surface area contributed by atoms with Gasteiger partial charge in [0, 0.05) is 0 Å². The lowest BCUT2D eigenvalue weighted by atomic mass is 9.84. The van der Waals surface area contributed by atoms with E-state index in [1.807, 2.05) is 13.8 Å². The predicted molar refractivity (Wildman–Crippen MR) is 69.4 cm³/mol. The number of hydrogen-bond acceptors (Lipinski definition) is 3. The summed E-state index contributed by atoms with van der Waals surface area (Å²) in [5.74, 6) is 0.620. The molecule has 2 saturated carbocycles. The van der Waals surface area contributed by atoms with Gasteiger partial charge in [-0.15, -0.1) is 0 Å². The van der Waals surface area contributed by atoms with Gasteiger partial charge < -0.3 is 9.84 Å². The first kappa shape index (κ1) is 12.6. The van der Waals surface area contributed by atoms with E-state index in [0.717, 1.165) is 25.7 Å². The van der Waals surface area contributed by atoms with Gasteiger partial charge in [0.25, 0.3) is 0 Å². The highest BCUT2D eigenvalue weighted by molar-refractivity contribution is 14.1. The Hall–Kier alpha value is 0.160. The number of hydrogen-bond donors (Lipinski definition) is 1. The lowest BCUT2D eigenvalue weighted by Gasteiger charge is -2.32. The van der Waals surface area contributed by atoms with Crippen molar-refractivity contribution in [1.82, 2.24) is 0 Å². The van der Waals surface area contributed by atoms with Gasteiger partial charge in [-0.1, -0.05) is 29.5 Å². The van der Waals surface area contributed by atoms with Crippen molar-refractivity contribution in [3.05, 3.63) is 0 Å². The Kier molecular flexibility index (Phi) is 3.50. The van der Waals surface area contributed by atoms with Crippen molar-refractivity contribution >= 4 is 28.6 Å². The fraction of sp³-hybridized carbons (Fsp3) is 0.917. The standard InChI is InChI=1S/C12H19IO3/c1-3-9(13)11(14)16-10-5-8-4-7(10)6-12(8,2)15/h7-10,15H,3-6H2,1-2H3. The number of halogens is 1. The highest BCUT2D eigenvalue weighted by Gasteiger charge is 2.53. The van der Waals surface area contributed by atoms with Crippen LogP contribution in [0.3, 0.4) is 0 Å².